The molecule has 4 aromatic rings. The third kappa shape index (κ3) is 4.61. The number of hydrogen-bond acceptors (Lipinski definition) is 4. The maximum absolute atomic E-state index is 13.6. The second-order valence-corrected chi connectivity index (χ2v) is 9.35. The molecular formula is C27H27ClN2O3S. The van der Waals surface area contributed by atoms with Crippen LogP contribution in [0.5, 0.6) is 0 Å². The molecule has 0 spiro atoms. The highest BCUT2D eigenvalue weighted by molar-refractivity contribution is 7.15. The summed E-state index contributed by atoms with van der Waals surface area (Å²) in [6, 6.07) is 15.3. The van der Waals surface area contributed by atoms with Gasteiger partial charge in [0, 0.05) is 33.4 Å². The lowest BCUT2D eigenvalue weighted by atomic mass is 10.0. The van der Waals surface area contributed by atoms with Crippen LogP contribution in [0.15, 0.2) is 53.9 Å². The van der Waals surface area contributed by atoms with E-state index >= 15 is 0 Å². The van der Waals surface area contributed by atoms with Crippen LogP contribution in [0, 0.1) is 6.92 Å². The predicted octanol–water partition coefficient (Wildman–Crippen LogP) is 7.56. The van der Waals surface area contributed by atoms with Crippen molar-refractivity contribution >= 4 is 50.7 Å². The molecule has 0 atom stereocenters. The third-order valence-electron chi connectivity index (χ3n) is 5.83. The van der Waals surface area contributed by atoms with Crippen LogP contribution in [-0.2, 0) is 11.3 Å². The molecule has 2 aromatic carbocycles. The van der Waals surface area contributed by atoms with Gasteiger partial charge in [-0.15, -0.1) is 11.3 Å². The third-order valence-corrected chi connectivity index (χ3v) is 6.97. The van der Waals surface area contributed by atoms with Gasteiger partial charge in [0.2, 0.25) is 0 Å². The number of ether oxygens (including phenoxy) is 1. The van der Waals surface area contributed by atoms with Crippen molar-refractivity contribution in [3.63, 3.8) is 0 Å². The molecule has 176 valence electrons. The number of anilines is 1. The molecule has 4 rings (SSSR count). The van der Waals surface area contributed by atoms with Gasteiger partial charge < -0.3 is 14.6 Å². The highest BCUT2D eigenvalue weighted by Crippen LogP contribution is 2.37. The lowest BCUT2D eigenvalue weighted by Crippen LogP contribution is -2.19. The number of rotatable bonds is 8. The largest absolute Gasteiger partial charge is 0.462 e. The molecule has 34 heavy (non-hydrogen) atoms. The summed E-state index contributed by atoms with van der Waals surface area (Å²) in [5, 5.41) is 7.03. The standard InChI is InChI=1S/C27H27ClN2O3S/c1-4-6-15-30-22-10-8-7-9-20(22)17(3)24(30)25(31)29-26-23(27(32)33-5-2)21(16-34-26)18-11-13-19(28)14-12-18/h7-14,16H,4-6,15H2,1-3H3,(H,29,31). The SMILES string of the molecule is CCCCn1c(C(=O)Nc2scc(-c3ccc(Cl)cc3)c2C(=O)OCC)c(C)c2ccccc21. The summed E-state index contributed by atoms with van der Waals surface area (Å²) >= 11 is 7.36. The minimum Gasteiger partial charge on any atom is -0.462 e. The van der Waals surface area contributed by atoms with E-state index in [0.717, 1.165) is 41.4 Å². The van der Waals surface area contributed by atoms with Gasteiger partial charge in [0.25, 0.3) is 5.91 Å². The number of amides is 1. The van der Waals surface area contributed by atoms with E-state index in [1.54, 1.807) is 19.1 Å². The number of esters is 1. The first-order valence-electron chi connectivity index (χ1n) is 11.4. The van der Waals surface area contributed by atoms with Crippen molar-refractivity contribution in [2.24, 2.45) is 0 Å². The van der Waals surface area contributed by atoms with Crippen LogP contribution in [0.4, 0.5) is 5.00 Å². The van der Waals surface area contributed by atoms with Gasteiger partial charge in [-0.2, -0.15) is 0 Å². The molecule has 1 N–H and O–H groups in total. The van der Waals surface area contributed by atoms with Crippen molar-refractivity contribution in [3.8, 4) is 11.1 Å². The number of carbonyl (C=O) groups is 2. The number of halogens is 1. The van der Waals surface area contributed by atoms with Gasteiger partial charge in [0.15, 0.2) is 0 Å². The molecule has 5 nitrogen and oxygen atoms in total. The van der Waals surface area contributed by atoms with Crippen LogP contribution >= 0.6 is 22.9 Å². The maximum Gasteiger partial charge on any atom is 0.341 e. The van der Waals surface area contributed by atoms with Gasteiger partial charge in [-0.05, 0) is 49.6 Å². The highest BCUT2D eigenvalue weighted by atomic mass is 35.5. The number of nitrogens with zero attached hydrogens (tertiary/aromatic N) is 1. The highest BCUT2D eigenvalue weighted by Gasteiger charge is 2.26. The van der Waals surface area contributed by atoms with Gasteiger partial charge in [-0.1, -0.05) is 55.3 Å². The Balaban J connectivity index is 1.77. The van der Waals surface area contributed by atoms with Gasteiger partial charge in [0.1, 0.15) is 16.3 Å². The van der Waals surface area contributed by atoms with Crippen LogP contribution < -0.4 is 5.32 Å². The van der Waals surface area contributed by atoms with E-state index in [-0.39, 0.29) is 12.5 Å². The van der Waals surface area contributed by atoms with E-state index in [9.17, 15) is 9.59 Å². The van der Waals surface area contributed by atoms with Crippen molar-refractivity contribution in [2.75, 3.05) is 11.9 Å². The molecule has 0 fully saturated rings. The summed E-state index contributed by atoms with van der Waals surface area (Å²) in [7, 11) is 0. The molecule has 0 saturated carbocycles. The molecule has 0 bridgehead atoms. The van der Waals surface area contributed by atoms with Gasteiger partial charge in [-0.3, -0.25) is 4.79 Å². The first kappa shape index (κ1) is 24.0. The predicted molar refractivity (Wildman–Crippen MR) is 140 cm³/mol. The normalized spacial score (nSPS) is 11.1. The number of fused-ring (bicyclic) bond motifs is 1. The first-order valence-corrected chi connectivity index (χ1v) is 12.7. The molecule has 0 aliphatic rings. The first-order chi connectivity index (χ1) is 16.5. The number of hydrogen-bond donors (Lipinski definition) is 1. The molecular weight excluding hydrogens is 468 g/mol. The van der Waals surface area contributed by atoms with Crippen molar-refractivity contribution in [2.45, 2.75) is 40.2 Å². The number of aromatic nitrogens is 1. The van der Waals surface area contributed by atoms with Crippen molar-refractivity contribution in [1.82, 2.24) is 4.57 Å². The Morgan fingerprint density at radius 1 is 1.09 bits per heavy atom. The summed E-state index contributed by atoms with van der Waals surface area (Å²) in [5.74, 6) is -0.702. The number of unbranched alkanes of at least 4 members (excludes halogenated alkanes) is 1. The van der Waals surface area contributed by atoms with Crippen LogP contribution in [0.2, 0.25) is 5.02 Å². The molecule has 2 aromatic heterocycles. The summed E-state index contributed by atoms with van der Waals surface area (Å²) in [5.41, 5.74) is 4.48. The molecule has 0 radical (unpaired) electrons. The average Bonchev–Trinajstić information content (AvgIpc) is 3.37. The van der Waals surface area contributed by atoms with Crippen LogP contribution in [0.25, 0.3) is 22.0 Å². The number of carbonyl (C=O) groups excluding carboxylic acids is 2. The summed E-state index contributed by atoms with van der Waals surface area (Å²) in [4.78, 5) is 26.5. The second-order valence-electron chi connectivity index (χ2n) is 8.03. The topological polar surface area (TPSA) is 60.3 Å². The van der Waals surface area contributed by atoms with Crippen molar-refractivity contribution < 1.29 is 14.3 Å². The zero-order valence-corrected chi connectivity index (χ0v) is 21.1. The van der Waals surface area contributed by atoms with Crippen LogP contribution in [0.1, 0.15) is 53.1 Å². The van der Waals surface area contributed by atoms with Gasteiger partial charge in [-0.25, -0.2) is 4.79 Å². The Morgan fingerprint density at radius 3 is 2.53 bits per heavy atom. The summed E-state index contributed by atoms with van der Waals surface area (Å²) in [6.07, 6.45) is 1.99. The van der Waals surface area contributed by atoms with E-state index in [2.05, 4.69) is 16.8 Å². The second kappa shape index (κ2) is 10.5. The quantitative estimate of drug-likeness (QED) is 0.257. The Bertz CT molecular complexity index is 1340. The lowest BCUT2D eigenvalue weighted by molar-refractivity contribution is 0.0529. The molecule has 7 heteroatoms. The van der Waals surface area contributed by atoms with Crippen LogP contribution in [0.3, 0.4) is 0 Å². The van der Waals surface area contributed by atoms with E-state index in [1.165, 1.54) is 11.3 Å². The number of benzene rings is 2. The zero-order valence-electron chi connectivity index (χ0n) is 19.5. The summed E-state index contributed by atoms with van der Waals surface area (Å²) in [6.45, 7) is 6.86. The number of nitrogens with one attached hydrogen (secondary N) is 1. The Kier molecular flexibility index (Phi) is 7.39. The minimum atomic E-state index is -0.466. The monoisotopic (exact) mass is 494 g/mol. The van der Waals surface area contributed by atoms with Gasteiger partial charge in [0.05, 0.1) is 6.61 Å². The molecule has 0 unspecified atom stereocenters. The fourth-order valence-electron chi connectivity index (χ4n) is 4.18. The molecule has 0 saturated heterocycles. The van der Waals surface area contributed by atoms with E-state index in [1.807, 2.05) is 48.7 Å². The number of aryl methyl sites for hydroxylation is 2. The van der Waals surface area contributed by atoms with Crippen LogP contribution in [-0.4, -0.2) is 23.1 Å². The van der Waals surface area contributed by atoms with Gasteiger partial charge >= 0.3 is 5.97 Å². The Hall–Kier alpha value is -3.09. The minimum absolute atomic E-state index is 0.236. The molecule has 0 aliphatic carbocycles. The molecule has 1 amide bonds. The maximum atomic E-state index is 13.6. The fourth-order valence-corrected chi connectivity index (χ4v) is 5.26. The van der Waals surface area contributed by atoms with E-state index < -0.39 is 5.97 Å². The molecule has 2 heterocycles. The van der Waals surface area contributed by atoms with Crippen molar-refractivity contribution in [1.29, 1.82) is 0 Å². The average molecular weight is 495 g/mol. The van der Waals surface area contributed by atoms with E-state index in [4.69, 9.17) is 16.3 Å². The number of thiophene rings is 1. The Morgan fingerprint density at radius 2 is 1.82 bits per heavy atom. The Labute approximate surface area is 208 Å². The summed E-state index contributed by atoms with van der Waals surface area (Å²) < 4.78 is 7.42. The molecule has 0 aliphatic heterocycles. The fraction of sp³-hybridized carbons (Fsp3) is 0.259. The number of para-hydroxylation sites is 1. The van der Waals surface area contributed by atoms with Crippen molar-refractivity contribution in [3.05, 3.63) is 75.8 Å². The smallest absolute Gasteiger partial charge is 0.341 e. The zero-order chi connectivity index (χ0) is 24.2. The lowest BCUT2D eigenvalue weighted by Gasteiger charge is -2.12. The van der Waals surface area contributed by atoms with E-state index in [0.29, 0.717) is 26.8 Å².